The molecule has 0 aromatic heterocycles. The van der Waals surface area contributed by atoms with Gasteiger partial charge in [0.25, 0.3) is 5.69 Å². The number of terminal acetylenes is 1. The maximum atomic E-state index is 10.8. The zero-order chi connectivity index (χ0) is 13.4. The third-order valence-electron chi connectivity index (χ3n) is 2.10. The number of nitrogens with zero attached hydrogens (tertiary/aromatic N) is 1. The summed E-state index contributed by atoms with van der Waals surface area (Å²) in [6.45, 7) is 0.577. The quantitative estimate of drug-likeness (QED) is 0.269. The smallest absolute Gasteiger partial charge is 0.293 e. The normalized spacial score (nSPS) is 9.50. The third-order valence-corrected chi connectivity index (χ3v) is 2.97. The second kappa shape index (κ2) is 7.35. The number of rotatable bonds is 7. The highest BCUT2D eigenvalue weighted by Gasteiger charge is 2.13. The molecule has 0 saturated carbocycles. The first-order valence-corrected chi connectivity index (χ1v) is 6.33. The van der Waals surface area contributed by atoms with E-state index in [0.717, 1.165) is 5.75 Å². The number of nitrogens with one attached hydrogen (secondary N) is 1. The van der Waals surface area contributed by atoms with Gasteiger partial charge in [0.2, 0.25) is 0 Å². The lowest BCUT2D eigenvalue weighted by Gasteiger charge is -2.06. The van der Waals surface area contributed by atoms with Gasteiger partial charge in [0, 0.05) is 23.9 Å². The van der Waals surface area contributed by atoms with E-state index in [9.17, 15) is 14.9 Å². The van der Waals surface area contributed by atoms with E-state index in [0.29, 0.717) is 24.3 Å². The summed E-state index contributed by atoms with van der Waals surface area (Å²) in [5, 5.41) is 13.8. The van der Waals surface area contributed by atoms with Gasteiger partial charge in [-0.15, -0.1) is 18.2 Å². The Morgan fingerprint density at radius 2 is 2.33 bits per heavy atom. The molecule has 0 aliphatic carbocycles. The Labute approximate surface area is 109 Å². The number of benzene rings is 1. The molecule has 18 heavy (non-hydrogen) atoms. The molecule has 5 nitrogen and oxygen atoms in total. The van der Waals surface area contributed by atoms with Crippen molar-refractivity contribution in [2.24, 2.45) is 0 Å². The predicted molar refractivity (Wildman–Crippen MR) is 73.1 cm³/mol. The molecule has 0 atom stereocenters. The molecule has 0 fully saturated rings. The molecule has 1 aromatic carbocycles. The number of hydrogen-bond acceptors (Lipinski definition) is 5. The van der Waals surface area contributed by atoms with E-state index in [2.05, 4.69) is 11.2 Å². The lowest BCUT2D eigenvalue weighted by Crippen LogP contribution is -2.07. The maximum Gasteiger partial charge on any atom is 0.293 e. The van der Waals surface area contributed by atoms with Crippen molar-refractivity contribution in [3.8, 4) is 12.3 Å². The minimum atomic E-state index is -0.510. The Morgan fingerprint density at radius 3 is 2.94 bits per heavy atom. The van der Waals surface area contributed by atoms with Crippen LogP contribution in [0.25, 0.3) is 0 Å². The van der Waals surface area contributed by atoms with E-state index >= 15 is 0 Å². The van der Waals surface area contributed by atoms with Gasteiger partial charge in [-0.25, -0.2) is 0 Å². The minimum Gasteiger partial charge on any atom is -0.379 e. The standard InChI is InChI=1S/C12H12N2O3S/c1-2-6-18-7-5-13-11-4-3-10(9-15)8-12(11)14(16)17/h1,3-4,8-9,13H,5-7H2. The molecule has 0 aliphatic rings. The number of hydrogen-bond donors (Lipinski definition) is 1. The van der Waals surface area contributed by atoms with Crippen molar-refractivity contribution in [3.63, 3.8) is 0 Å². The number of aldehydes is 1. The van der Waals surface area contributed by atoms with Crippen LogP contribution < -0.4 is 5.32 Å². The van der Waals surface area contributed by atoms with Gasteiger partial charge >= 0.3 is 0 Å². The zero-order valence-corrected chi connectivity index (χ0v) is 10.4. The fraction of sp³-hybridized carbons (Fsp3) is 0.250. The molecule has 0 bridgehead atoms. The van der Waals surface area contributed by atoms with Crippen LogP contribution in [-0.4, -0.2) is 29.3 Å². The maximum absolute atomic E-state index is 10.8. The number of nitro groups is 1. The number of carbonyl (C=O) groups excluding carboxylic acids is 1. The predicted octanol–water partition coefficient (Wildman–Crippen LogP) is 2.19. The van der Waals surface area contributed by atoms with Gasteiger partial charge in [-0.2, -0.15) is 0 Å². The summed E-state index contributed by atoms with van der Waals surface area (Å²) in [7, 11) is 0. The Morgan fingerprint density at radius 1 is 1.56 bits per heavy atom. The van der Waals surface area contributed by atoms with Gasteiger partial charge in [0.15, 0.2) is 0 Å². The van der Waals surface area contributed by atoms with Crippen LogP contribution in [0.2, 0.25) is 0 Å². The minimum absolute atomic E-state index is 0.0958. The summed E-state index contributed by atoms with van der Waals surface area (Å²) >= 11 is 1.57. The summed E-state index contributed by atoms with van der Waals surface area (Å²) in [4.78, 5) is 20.9. The molecule has 0 radical (unpaired) electrons. The molecule has 0 aliphatic heterocycles. The highest BCUT2D eigenvalue weighted by molar-refractivity contribution is 7.99. The number of thioether (sulfide) groups is 1. The third kappa shape index (κ3) is 4.11. The molecule has 0 saturated heterocycles. The Bertz CT molecular complexity index is 483. The Balaban J connectivity index is 2.67. The van der Waals surface area contributed by atoms with Crippen molar-refractivity contribution in [2.75, 3.05) is 23.4 Å². The summed E-state index contributed by atoms with van der Waals surface area (Å²) in [5.41, 5.74) is 0.599. The van der Waals surface area contributed by atoms with E-state index < -0.39 is 4.92 Å². The SMILES string of the molecule is C#CCSCCNc1ccc(C=O)cc1[N+](=O)[O-]. The van der Waals surface area contributed by atoms with Crippen molar-refractivity contribution < 1.29 is 9.72 Å². The highest BCUT2D eigenvalue weighted by atomic mass is 32.2. The summed E-state index contributed by atoms with van der Waals surface area (Å²) < 4.78 is 0. The van der Waals surface area contributed by atoms with E-state index in [1.165, 1.54) is 18.2 Å². The van der Waals surface area contributed by atoms with Crippen molar-refractivity contribution in [1.29, 1.82) is 0 Å². The van der Waals surface area contributed by atoms with Gasteiger partial charge in [-0.05, 0) is 12.1 Å². The van der Waals surface area contributed by atoms with Crippen molar-refractivity contribution >= 4 is 29.4 Å². The first-order valence-electron chi connectivity index (χ1n) is 5.17. The average molecular weight is 264 g/mol. The molecule has 0 heterocycles. The first-order chi connectivity index (χ1) is 8.69. The largest absolute Gasteiger partial charge is 0.379 e. The van der Waals surface area contributed by atoms with E-state index in [-0.39, 0.29) is 11.3 Å². The van der Waals surface area contributed by atoms with Crippen molar-refractivity contribution in [1.82, 2.24) is 0 Å². The molecule has 0 amide bonds. The Kier molecular flexibility index (Phi) is 5.74. The fourth-order valence-electron chi connectivity index (χ4n) is 1.31. The van der Waals surface area contributed by atoms with Crippen LogP contribution in [0.15, 0.2) is 18.2 Å². The van der Waals surface area contributed by atoms with Crippen LogP contribution in [-0.2, 0) is 0 Å². The van der Waals surface area contributed by atoms with E-state index in [1.807, 2.05) is 0 Å². The fourth-order valence-corrected chi connectivity index (χ4v) is 1.82. The summed E-state index contributed by atoms with van der Waals surface area (Å²) in [5.74, 6) is 3.88. The second-order valence-electron chi connectivity index (χ2n) is 3.34. The van der Waals surface area contributed by atoms with Crippen LogP contribution in [0.1, 0.15) is 10.4 Å². The molecule has 6 heteroatoms. The van der Waals surface area contributed by atoms with Crippen molar-refractivity contribution in [3.05, 3.63) is 33.9 Å². The van der Waals surface area contributed by atoms with Crippen LogP contribution in [0.4, 0.5) is 11.4 Å². The lowest BCUT2D eigenvalue weighted by atomic mass is 10.2. The molecular formula is C12H12N2O3S. The van der Waals surface area contributed by atoms with Gasteiger partial charge < -0.3 is 5.32 Å². The highest BCUT2D eigenvalue weighted by Crippen LogP contribution is 2.24. The molecular weight excluding hydrogens is 252 g/mol. The molecule has 0 unspecified atom stereocenters. The van der Waals surface area contributed by atoms with Gasteiger partial charge in [0.05, 0.1) is 10.7 Å². The molecule has 94 valence electrons. The summed E-state index contributed by atoms with van der Waals surface area (Å²) in [6, 6.07) is 4.33. The summed E-state index contributed by atoms with van der Waals surface area (Å²) in [6.07, 6.45) is 5.69. The van der Waals surface area contributed by atoms with Crippen LogP contribution in [0.5, 0.6) is 0 Å². The molecule has 1 rings (SSSR count). The van der Waals surface area contributed by atoms with E-state index in [1.54, 1.807) is 11.8 Å². The second-order valence-corrected chi connectivity index (χ2v) is 4.44. The zero-order valence-electron chi connectivity index (χ0n) is 9.59. The van der Waals surface area contributed by atoms with Crippen LogP contribution >= 0.6 is 11.8 Å². The van der Waals surface area contributed by atoms with E-state index in [4.69, 9.17) is 6.42 Å². The Hall–Kier alpha value is -2.00. The van der Waals surface area contributed by atoms with Gasteiger partial charge in [-0.3, -0.25) is 14.9 Å². The molecule has 1 aromatic rings. The lowest BCUT2D eigenvalue weighted by molar-refractivity contribution is -0.384. The van der Waals surface area contributed by atoms with Crippen LogP contribution in [0.3, 0.4) is 0 Å². The topological polar surface area (TPSA) is 72.2 Å². The number of carbonyl (C=O) groups is 1. The van der Waals surface area contributed by atoms with Crippen molar-refractivity contribution in [2.45, 2.75) is 0 Å². The van der Waals surface area contributed by atoms with Gasteiger partial charge in [-0.1, -0.05) is 5.92 Å². The van der Waals surface area contributed by atoms with Gasteiger partial charge in [0.1, 0.15) is 12.0 Å². The first kappa shape index (κ1) is 14.1. The molecule has 1 N–H and O–H groups in total. The molecule has 0 spiro atoms. The number of nitro benzene ring substituents is 1. The number of anilines is 1. The monoisotopic (exact) mass is 264 g/mol. The average Bonchev–Trinajstić information content (AvgIpc) is 2.38. The van der Waals surface area contributed by atoms with Crippen LogP contribution in [0, 0.1) is 22.5 Å².